The van der Waals surface area contributed by atoms with Crippen molar-refractivity contribution in [3.8, 4) is 0 Å². The fourth-order valence-corrected chi connectivity index (χ4v) is 2.00. The molecule has 0 aromatic carbocycles. The zero-order valence-corrected chi connectivity index (χ0v) is 9.27. The summed E-state index contributed by atoms with van der Waals surface area (Å²) in [5, 5.41) is 17.8. The van der Waals surface area contributed by atoms with Crippen molar-refractivity contribution in [3.05, 3.63) is 0 Å². The van der Waals surface area contributed by atoms with Gasteiger partial charge in [0.1, 0.15) is 0 Å². The van der Waals surface area contributed by atoms with Crippen molar-refractivity contribution in [2.45, 2.75) is 22.9 Å². The van der Waals surface area contributed by atoms with Gasteiger partial charge in [-0.15, -0.1) is 0 Å². The standard InChI is InChI=1S/C8H16INO2/c9-7-1-3-10(4-2-7)5-8(12)6-11/h7-8,11-12H,1-6H2. The Morgan fingerprint density at radius 1 is 1.42 bits per heavy atom. The van der Waals surface area contributed by atoms with E-state index in [2.05, 4.69) is 27.5 Å². The minimum Gasteiger partial charge on any atom is -0.394 e. The summed E-state index contributed by atoms with van der Waals surface area (Å²) in [5.74, 6) is 0. The Labute approximate surface area is 86.9 Å². The van der Waals surface area contributed by atoms with Crippen molar-refractivity contribution in [1.29, 1.82) is 0 Å². The van der Waals surface area contributed by atoms with Crippen LogP contribution in [0.3, 0.4) is 0 Å². The molecule has 0 aliphatic carbocycles. The predicted octanol–water partition coefficient (Wildman–Crippen LogP) is 0.239. The first-order valence-electron chi connectivity index (χ1n) is 4.37. The minimum atomic E-state index is -0.559. The van der Waals surface area contributed by atoms with Crippen LogP contribution in [0.15, 0.2) is 0 Å². The van der Waals surface area contributed by atoms with E-state index in [9.17, 15) is 5.11 Å². The maximum atomic E-state index is 9.18. The van der Waals surface area contributed by atoms with Crippen LogP contribution in [-0.4, -0.2) is 51.4 Å². The Balaban J connectivity index is 2.17. The molecule has 1 aliphatic rings. The average Bonchev–Trinajstić information content (AvgIpc) is 2.09. The first-order valence-corrected chi connectivity index (χ1v) is 5.62. The minimum absolute atomic E-state index is 0.121. The van der Waals surface area contributed by atoms with Gasteiger partial charge in [0.05, 0.1) is 12.7 Å². The second kappa shape index (κ2) is 5.36. The van der Waals surface area contributed by atoms with Crippen molar-refractivity contribution in [3.63, 3.8) is 0 Å². The number of β-amino-alcohol motifs (C(OH)–C–C–N with tert-alkyl or cyclic N) is 1. The van der Waals surface area contributed by atoms with Gasteiger partial charge in [-0.2, -0.15) is 0 Å². The number of alkyl halides is 1. The van der Waals surface area contributed by atoms with Gasteiger partial charge in [0, 0.05) is 10.5 Å². The van der Waals surface area contributed by atoms with Crippen molar-refractivity contribution in [2.24, 2.45) is 0 Å². The maximum absolute atomic E-state index is 9.18. The Hall–Kier alpha value is 0.610. The van der Waals surface area contributed by atoms with Crippen LogP contribution in [0.5, 0.6) is 0 Å². The molecule has 4 heteroatoms. The number of hydrogen-bond acceptors (Lipinski definition) is 3. The molecule has 12 heavy (non-hydrogen) atoms. The Morgan fingerprint density at radius 2 is 2.00 bits per heavy atom. The number of rotatable bonds is 3. The van der Waals surface area contributed by atoms with Gasteiger partial charge in [-0.3, -0.25) is 0 Å². The molecular weight excluding hydrogens is 269 g/mol. The number of piperidine rings is 1. The summed E-state index contributed by atoms with van der Waals surface area (Å²) in [7, 11) is 0. The molecule has 0 bridgehead atoms. The van der Waals surface area contributed by atoms with Crippen molar-refractivity contribution in [1.82, 2.24) is 4.90 Å². The van der Waals surface area contributed by atoms with Crippen LogP contribution in [0.1, 0.15) is 12.8 Å². The molecule has 0 saturated carbocycles. The molecule has 0 amide bonds. The second-order valence-electron chi connectivity index (χ2n) is 3.31. The van der Waals surface area contributed by atoms with E-state index < -0.39 is 6.10 Å². The number of aliphatic hydroxyl groups is 2. The van der Waals surface area contributed by atoms with Gasteiger partial charge < -0.3 is 15.1 Å². The van der Waals surface area contributed by atoms with Gasteiger partial charge in [-0.1, -0.05) is 22.6 Å². The predicted molar refractivity (Wildman–Crippen MR) is 56.6 cm³/mol. The highest BCUT2D eigenvalue weighted by atomic mass is 127. The van der Waals surface area contributed by atoms with Gasteiger partial charge in [-0.25, -0.2) is 0 Å². The summed E-state index contributed by atoms with van der Waals surface area (Å²) in [6.07, 6.45) is 1.85. The van der Waals surface area contributed by atoms with Crippen LogP contribution in [0.25, 0.3) is 0 Å². The van der Waals surface area contributed by atoms with Crippen LogP contribution in [0, 0.1) is 0 Å². The van der Waals surface area contributed by atoms with Crippen LogP contribution in [0.4, 0.5) is 0 Å². The molecule has 0 spiro atoms. The van der Waals surface area contributed by atoms with Crippen LogP contribution >= 0.6 is 22.6 Å². The van der Waals surface area contributed by atoms with Gasteiger partial charge in [0.2, 0.25) is 0 Å². The molecule has 1 unspecified atom stereocenters. The fourth-order valence-electron chi connectivity index (χ4n) is 1.44. The van der Waals surface area contributed by atoms with Gasteiger partial charge in [0.15, 0.2) is 0 Å². The normalized spacial score (nSPS) is 24.2. The van der Waals surface area contributed by atoms with Crippen molar-refractivity contribution >= 4 is 22.6 Å². The van der Waals surface area contributed by atoms with Crippen molar-refractivity contribution in [2.75, 3.05) is 26.2 Å². The largest absolute Gasteiger partial charge is 0.394 e. The number of nitrogens with zero attached hydrogens (tertiary/aromatic N) is 1. The quantitative estimate of drug-likeness (QED) is 0.576. The summed E-state index contributed by atoms with van der Waals surface area (Å²) in [6, 6.07) is 0. The summed E-state index contributed by atoms with van der Waals surface area (Å²) >= 11 is 2.47. The number of likely N-dealkylation sites (tertiary alicyclic amines) is 1. The summed E-state index contributed by atoms with van der Waals surface area (Å²) in [4.78, 5) is 2.22. The molecule has 1 heterocycles. The van der Waals surface area contributed by atoms with E-state index >= 15 is 0 Å². The molecular formula is C8H16INO2. The van der Waals surface area contributed by atoms with E-state index in [4.69, 9.17) is 5.11 Å². The second-order valence-corrected chi connectivity index (χ2v) is 5.07. The molecule has 0 aromatic rings. The third-order valence-electron chi connectivity index (χ3n) is 2.20. The van der Waals surface area contributed by atoms with E-state index in [-0.39, 0.29) is 6.61 Å². The van der Waals surface area contributed by atoms with E-state index in [1.165, 1.54) is 12.8 Å². The first kappa shape index (κ1) is 10.7. The Bertz CT molecular complexity index is 126. The lowest BCUT2D eigenvalue weighted by atomic mass is 10.1. The third kappa shape index (κ3) is 3.55. The highest BCUT2D eigenvalue weighted by Crippen LogP contribution is 2.17. The summed E-state index contributed by atoms with van der Waals surface area (Å²) in [6.45, 7) is 2.62. The maximum Gasteiger partial charge on any atom is 0.0897 e. The van der Waals surface area contributed by atoms with Crippen LogP contribution in [-0.2, 0) is 0 Å². The molecule has 2 N–H and O–H groups in total. The molecule has 1 atom stereocenters. The SMILES string of the molecule is OCC(O)CN1CCC(I)CC1. The lowest BCUT2D eigenvalue weighted by Crippen LogP contribution is -2.40. The van der Waals surface area contributed by atoms with E-state index in [0.717, 1.165) is 17.0 Å². The molecule has 72 valence electrons. The monoisotopic (exact) mass is 285 g/mol. The number of hydrogen-bond donors (Lipinski definition) is 2. The summed E-state index contributed by atoms with van der Waals surface area (Å²) < 4.78 is 0.796. The zero-order chi connectivity index (χ0) is 8.97. The molecule has 0 radical (unpaired) electrons. The lowest BCUT2D eigenvalue weighted by molar-refractivity contribution is 0.0542. The number of aliphatic hydroxyl groups excluding tert-OH is 2. The molecule has 1 fully saturated rings. The van der Waals surface area contributed by atoms with E-state index in [1.807, 2.05) is 0 Å². The highest BCUT2D eigenvalue weighted by Gasteiger charge is 2.18. The molecule has 1 rings (SSSR count). The Kier molecular flexibility index (Phi) is 4.78. The van der Waals surface area contributed by atoms with Crippen LogP contribution in [0.2, 0.25) is 0 Å². The third-order valence-corrected chi connectivity index (χ3v) is 3.44. The number of halogens is 1. The lowest BCUT2D eigenvalue weighted by Gasteiger charge is -2.30. The molecule has 1 aliphatic heterocycles. The molecule has 3 nitrogen and oxygen atoms in total. The molecule has 1 saturated heterocycles. The van der Waals surface area contributed by atoms with Crippen molar-refractivity contribution < 1.29 is 10.2 Å². The zero-order valence-electron chi connectivity index (χ0n) is 7.12. The van der Waals surface area contributed by atoms with Crippen LogP contribution < -0.4 is 0 Å². The highest BCUT2D eigenvalue weighted by molar-refractivity contribution is 14.1. The average molecular weight is 285 g/mol. The fraction of sp³-hybridized carbons (Fsp3) is 1.00. The van der Waals surface area contributed by atoms with Gasteiger partial charge in [-0.05, 0) is 25.9 Å². The Morgan fingerprint density at radius 3 is 2.50 bits per heavy atom. The summed E-state index contributed by atoms with van der Waals surface area (Å²) in [5.41, 5.74) is 0. The smallest absolute Gasteiger partial charge is 0.0897 e. The topological polar surface area (TPSA) is 43.7 Å². The van der Waals surface area contributed by atoms with E-state index in [1.54, 1.807) is 0 Å². The van der Waals surface area contributed by atoms with E-state index in [0.29, 0.717) is 6.54 Å². The van der Waals surface area contributed by atoms with Gasteiger partial charge in [0.25, 0.3) is 0 Å². The molecule has 0 aromatic heterocycles. The van der Waals surface area contributed by atoms with Gasteiger partial charge >= 0.3 is 0 Å². The first-order chi connectivity index (χ1) is 5.72.